The summed E-state index contributed by atoms with van der Waals surface area (Å²) in [5.74, 6) is 0. The van der Waals surface area contributed by atoms with Gasteiger partial charge in [-0.25, -0.2) is 0 Å². The Hall–Kier alpha value is 0.177. The lowest BCUT2D eigenvalue weighted by Crippen LogP contribution is -2.41. The Kier molecular flexibility index (Phi) is 4.15. The predicted octanol–water partition coefficient (Wildman–Crippen LogP) is 2.23. The first kappa shape index (κ1) is 9.18. The van der Waals surface area contributed by atoms with E-state index in [4.69, 9.17) is 0 Å². The van der Waals surface area contributed by atoms with Gasteiger partial charge in [0.2, 0.25) is 0 Å². The van der Waals surface area contributed by atoms with Crippen molar-refractivity contribution in [2.45, 2.75) is 38.9 Å². The van der Waals surface area contributed by atoms with Crippen molar-refractivity contribution < 1.29 is 0 Å². The Labute approximate surface area is 59.9 Å². The van der Waals surface area contributed by atoms with Crippen molar-refractivity contribution in [2.75, 3.05) is 7.05 Å². The van der Waals surface area contributed by atoms with Crippen LogP contribution in [-0.2, 0) is 0 Å². The molecule has 2 heteroatoms. The van der Waals surface area contributed by atoms with Gasteiger partial charge in [0.25, 0.3) is 0 Å². The molecule has 0 aliphatic carbocycles. The number of rotatable bonds is 4. The molecule has 0 aromatic rings. The molecule has 0 aromatic heterocycles. The first-order valence-corrected chi connectivity index (χ1v) is 6.42. The Morgan fingerprint density at radius 1 is 1.00 bits per heavy atom. The van der Waals surface area contributed by atoms with Crippen LogP contribution in [0.2, 0.25) is 18.1 Å². The van der Waals surface area contributed by atoms with Gasteiger partial charge in [-0.1, -0.05) is 20.8 Å². The molecule has 9 heavy (non-hydrogen) atoms. The maximum absolute atomic E-state index is 4.51. The lowest BCUT2D eigenvalue weighted by atomic mass is 10.9. The minimum atomic E-state index is -1.07. The fourth-order valence-corrected chi connectivity index (χ4v) is 3.67. The second kappa shape index (κ2) is 4.07. The average molecular weight is 144 g/mol. The molecule has 0 spiro atoms. The van der Waals surface area contributed by atoms with Crippen molar-refractivity contribution in [3.05, 3.63) is 0 Å². The molecule has 0 unspecified atom stereocenters. The summed E-state index contributed by atoms with van der Waals surface area (Å²) in [6.07, 6.45) is 0. The van der Waals surface area contributed by atoms with Gasteiger partial charge in [0.15, 0.2) is 0 Å². The van der Waals surface area contributed by atoms with Gasteiger partial charge in [-0.05, 0) is 25.2 Å². The molecule has 0 atom stereocenters. The van der Waals surface area contributed by atoms with Gasteiger partial charge >= 0.3 is 0 Å². The minimum Gasteiger partial charge on any atom is -0.273 e. The van der Waals surface area contributed by atoms with Crippen LogP contribution in [0.3, 0.4) is 0 Å². The molecular weight excluding hydrogens is 126 g/mol. The summed E-state index contributed by atoms with van der Waals surface area (Å²) in [5, 5.41) is 0. The fraction of sp³-hybridized carbons (Fsp3) is 1.00. The lowest BCUT2D eigenvalue weighted by molar-refractivity contribution is 1.01. The zero-order valence-corrected chi connectivity index (χ0v) is 8.07. The summed E-state index contributed by atoms with van der Waals surface area (Å²) >= 11 is 0. The van der Waals surface area contributed by atoms with E-state index >= 15 is 0 Å². The molecule has 0 aliphatic rings. The van der Waals surface area contributed by atoms with Crippen molar-refractivity contribution in [1.82, 2.24) is 4.98 Å². The normalized spacial score (nSPS) is 12.0. The van der Waals surface area contributed by atoms with Gasteiger partial charge in [0.1, 0.15) is 8.24 Å². The highest BCUT2D eigenvalue weighted by atomic mass is 28.3. The molecule has 0 aliphatic heterocycles. The monoisotopic (exact) mass is 144 g/mol. The van der Waals surface area contributed by atoms with E-state index in [0.29, 0.717) is 0 Å². The highest BCUT2D eigenvalue weighted by molar-refractivity contribution is 6.77. The van der Waals surface area contributed by atoms with Crippen molar-refractivity contribution in [3.8, 4) is 0 Å². The fourth-order valence-electron chi connectivity index (χ4n) is 1.22. The molecule has 0 amide bonds. The Bertz CT molecular complexity index is 51.8. The molecule has 0 heterocycles. The van der Waals surface area contributed by atoms with E-state index in [1.807, 2.05) is 7.05 Å². The van der Waals surface area contributed by atoms with E-state index in [-0.39, 0.29) is 0 Å². The average Bonchev–Trinajstić information content (AvgIpc) is 1.95. The smallest absolute Gasteiger partial charge is 0.144 e. The van der Waals surface area contributed by atoms with E-state index in [2.05, 4.69) is 25.8 Å². The molecule has 0 rings (SSSR count). The van der Waals surface area contributed by atoms with E-state index in [1.54, 1.807) is 0 Å². The van der Waals surface area contributed by atoms with Gasteiger partial charge < -0.3 is 0 Å². The van der Waals surface area contributed by atoms with Crippen molar-refractivity contribution >= 4 is 8.24 Å². The van der Waals surface area contributed by atoms with Gasteiger partial charge in [0, 0.05) is 0 Å². The van der Waals surface area contributed by atoms with Crippen LogP contribution in [0.1, 0.15) is 20.8 Å². The molecule has 0 N–H and O–H groups in total. The van der Waals surface area contributed by atoms with E-state index < -0.39 is 8.24 Å². The Balaban J connectivity index is 3.82. The van der Waals surface area contributed by atoms with Crippen LogP contribution in [0.4, 0.5) is 0 Å². The van der Waals surface area contributed by atoms with Crippen LogP contribution in [-0.4, -0.2) is 15.3 Å². The topological polar surface area (TPSA) is 14.1 Å². The second-order valence-electron chi connectivity index (χ2n) is 2.51. The Morgan fingerprint density at radius 2 is 1.33 bits per heavy atom. The largest absolute Gasteiger partial charge is 0.273 e. The van der Waals surface area contributed by atoms with E-state index in [1.165, 1.54) is 18.1 Å². The summed E-state index contributed by atoms with van der Waals surface area (Å²) in [7, 11) is 0.922. The quantitative estimate of drug-likeness (QED) is 0.537. The summed E-state index contributed by atoms with van der Waals surface area (Å²) in [4.78, 5) is 4.51. The molecule has 0 bridgehead atoms. The second-order valence-corrected chi connectivity index (χ2v) is 7.53. The van der Waals surface area contributed by atoms with Crippen LogP contribution in [0.25, 0.3) is 0 Å². The van der Waals surface area contributed by atoms with Crippen molar-refractivity contribution in [1.29, 1.82) is 0 Å². The van der Waals surface area contributed by atoms with Gasteiger partial charge in [-0.3, -0.25) is 4.98 Å². The summed E-state index contributed by atoms with van der Waals surface area (Å²) in [6, 6.07) is 3.95. The molecule has 55 valence electrons. The molecule has 0 saturated carbocycles. The maximum Gasteiger partial charge on any atom is 0.144 e. The van der Waals surface area contributed by atoms with Crippen molar-refractivity contribution in [2.24, 2.45) is 0 Å². The maximum atomic E-state index is 4.51. The van der Waals surface area contributed by atoms with Gasteiger partial charge in [0.05, 0.1) is 0 Å². The van der Waals surface area contributed by atoms with Gasteiger partial charge in [-0.2, -0.15) is 0 Å². The van der Waals surface area contributed by atoms with E-state index in [9.17, 15) is 0 Å². The summed E-state index contributed by atoms with van der Waals surface area (Å²) in [6.45, 7) is 6.81. The predicted molar refractivity (Wildman–Crippen MR) is 45.3 cm³/mol. The Morgan fingerprint density at radius 3 is 1.33 bits per heavy atom. The zero-order valence-electron chi connectivity index (χ0n) is 7.07. The number of hydrogen-bond acceptors (Lipinski definition) is 0. The number of hydrogen-bond donors (Lipinski definition) is 0. The third-order valence-electron chi connectivity index (χ3n) is 2.45. The first-order valence-electron chi connectivity index (χ1n) is 3.85. The molecule has 1 nitrogen and oxygen atoms in total. The third-order valence-corrected chi connectivity index (χ3v) is 7.35. The van der Waals surface area contributed by atoms with Crippen LogP contribution in [0, 0.1) is 0 Å². The highest BCUT2D eigenvalue weighted by Gasteiger charge is 2.25. The van der Waals surface area contributed by atoms with Gasteiger partial charge in [-0.15, -0.1) is 0 Å². The standard InChI is InChI=1S/C7H18NSi/c1-5-9(6-2,7-3)8-4/h5-7H2,1-4H3. The van der Waals surface area contributed by atoms with Crippen LogP contribution in [0.5, 0.6) is 0 Å². The molecule has 1 radical (unpaired) electrons. The zero-order chi connectivity index (χ0) is 7.33. The highest BCUT2D eigenvalue weighted by Crippen LogP contribution is 2.16. The SMILES string of the molecule is CC[Si](CC)(CC)[N]C. The van der Waals surface area contributed by atoms with Crippen LogP contribution >= 0.6 is 0 Å². The minimum absolute atomic E-state index is 1.07. The van der Waals surface area contributed by atoms with Crippen molar-refractivity contribution in [3.63, 3.8) is 0 Å². The summed E-state index contributed by atoms with van der Waals surface area (Å²) < 4.78 is 0. The van der Waals surface area contributed by atoms with Crippen LogP contribution < -0.4 is 4.98 Å². The third kappa shape index (κ3) is 2.10. The number of nitrogens with zero attached hydrogens (tertiary/aromatic N) is 1. The van der Waals surface area contributed by atoms with E-state index in [0.717, 1.165) is 0 Å². The summed E-state index contributed by atoms with van der Waals surface area (Å²) in [5.41, 5.74) is 0. The van der Waals surface area contributed by atoms with Crippen LogP contribution in [0.15, 0.2) is 0 Å². The molecule has 0 fully saturated rings. The lowest BCUT2D eigenvalue weighted by Gasteiger charge is -2.24. The first-order chi connectivity index (χ1) is 4.24. The molecule has 0 saturated heterocycles. The molecular formula is C7H18NSi. The molecule has 0 aromatic carbocycles.